The summed E-state index contributed by atoms with van der Waals surface area (Å²) in [4.78, 5) is 24.9. The number of benzene rings is 3. The molecule has 2 amide bonds. The van der Waals surface area contributed by atoms with Gasteiger partial charge < -0.3 is 9.47 Å². The highest BCUT2D eigenvalue weighted by Gasteiger charge is 2.15. The molecule has 7 nitrogen and oxygen atoms in total. The molecule has 0 aromatic heterocycles. The van der Waals surface area contributed by atoms with E-state index in [2.05, 4.69) is 39.0 Å². The average molecular weight is 558 g/mol. The Morgan fingerprint density at radius 1 is 0.914 bits per heavy atom. The Balaban J connectivity index is 1.45. The lowest BCUT2D eigenvalue weighted by Crippen LogP contribution is -2.49. The number of nitrogens with one attached hydrogen (secondary N) is 3. The fourth-order valence-electron chi connectivity index (χ4n) is 3.29. The lowest BCUT2D eigenvalue weighted by atomic mass is 10.1. The summed E-state index contributed by atoms with van der Waals surface area (Å²) < 4.78 is 12.1. The molecule has 0 aliphatic heterocycles. The Bertz CT molecular complexity index is 1190. The van der Waals surface area contributed by atoms with Gasteiger partial charge in [0.25, 0.3) is 11.8 Å². The molecule has 0 atom stereocenters. The number of hydrazine groups is 1. The maximum Gasteiger partial charge on any atom is 0.276 e. The van der Waals surface area contributed by atoms with Crippen LogP contribution in [0.5, 0.6) is 11.5 Å². The molecule has 0 aliphatic rings. The van der Waals surface area contributed by atoms with Crippen molar-refractivity contribution >= 4 is 55.8 Å². The van der Waals surface area contributed by atoms with Gasteiger partial charge in [0.15, 0.2) is 11.7 Å². The molecule has 0 fully saturated rings. The van der Waals surface area contributed by atoms with E-state index in [0.29, 0.717) is 23.7 Å². The van der Waals surface area contributed by atoms with E-state index in [1.165, 1.54) is 0 Å². The normalized spacial score (nSPS) is 10.5. The SMILES string of the molecule is CCCCCCOc1ccc(Br)cc1C(=O)NC(=S)NNC(=O)COc1ccc2ccccc2c1. The predicted molar refractivity (Wildman–Crippen MR) is 145 cm³/mol. The third-order valence-electron chi connectivity index (χ3n) is 5.08. The monoisotopic (exact) mass is 557 g/mol. The summed E-state index contributed by atoms with van der Waals surface area (Å²) >= 11 is 8.52. The first kappa shape index (κ1) is 26.4. The third kappa shape index (κ3) is 8.52. The third-order valence-corrected chi connectivity index (χ3v) is 5.77. The van der Waals surface area contributed by atoms with Crippen molar-refractivity contribution in [1.29, 1.82) is 0 Å². The van der Waals surface area contributed by atoms with Crippen LogP contribution in [0.3, 0.4) is 0 Å². The highest BCUT2D eigenvalue weighted by Crippen LogP contribution is 2.24. The van der Waals surface area contributed by atoms with Gasteiger partial charge in [-0.2, -0.15) is 0 Å². The van der Waals surface area contributed by atoms with Crippen LogP contribution in [0.1, 0.15) is 43.0 Å². The van der Waals surface area contributed by atoms with Crippen molar-refractivity contribution in [2.75, 3.05) is 13.2 Å². The first-order valence-corrected chi connectivity index (χ1v) is 12.6. The van der Waals surface area contributed by atoms with E-state index >= 15 is 0 Å². The minimum Gasteiger partial charge on any atom is -0.493 e. The van der Waals surface area contributed by atoms with Gasteiger partial charge in [-0.1, -0.05) is 72.4 Å². The quantitative estimate of drug-likeness (QED) is 0.178. The van der Waals surface area contributed by atoms with Crippen molar-refractivity contribution in [3.63, 3.8) is 0 Å². The van der Waals surface area contributed by atoms with Gasteiger partial charge >= 0.3 is 0 Å². The number of carbonyl (C=O) groups is 2. The van der Waals surface area contributed by atoms with Crippen LogP contribution in [0.4, 0.5) is 0 Å². The standard InChI is InChI=1S/C26H28BrN3O4S/c1-2-3-4-7-14-33-23-13-11-20(27)16-22(23)25(32)28-26(35)30-29-24(31)17-34-21-12-10-18-8-5-6-9-19(18)15-21/h5-6,8-13,15-16H,2-4,7,14,17H2,1H3,(H,29,31)(H2,28,30,32,35). The number of hydrogen-bond donors (Lipinski definition) is 3. The molecular weight excluding hydrogens is 530 g/mol. The fraction of sp³-hybridized carbons (Fsp3) is 0.269. The number of hydrogen-bond acceptors (Lipinski definition) is 5. The second-order valence-corrected chi connectivity index (χ2v) is 9.13. The zero-order valence-corrected chi connectivity index (χ0v) is 21.8. The van der Waals surface area contributed by atoms with Crippen LogP contribution in [0.2, 0.25) is 0 Å². The Morgan fingerprint density at radius 3 is 2.51 bits per heavy atom. The van der Waals surface area contributed by atoms with Crippen LogP contribution in [-0.4, -0.2) is 30.1 Å². The summed E-state index contributed by atoms with van der Waals surface area (Å²) in [6.07, 6.45) is 4.28. The molecular formula is C26H28BrN3O4S. The minimum absolute atomic E-state index is 0.0528. The van der Waals surface area contributed by atoms with Crippen molar-refractivity contribution < 1.29 is 19.1 Å². The Hall–Kier alpha value is -3.17. The molecule has 0 aliphatic carbocycles. The molecule has 0 heterocycles. The molecule has 0 radical (unpaired) electrons. The fourth-order valence-corrected chi connectivity index (χ4v) is 3.79. The maximum atomic E-state index is 12.7. The number of halogens is 1. The van der Waals surface area contributed by atoms with Crippen molar-refractivity contribution in [2.45, 2.75) is 32.6 Å². The summed E-state index contributed by atoms with van der Waals surface area (Å²) in [5.74, 6) is 0.145. The summed E-state index contributed by atoms with van der Waals surface area (Å²) in [5.41, 5.74) is 5.27. The molecule has 3 aromatic rings. The molecule has 0 bridgehead atoms. The largest absolute Gasteiger partial charge is 0.493 e. The molecule has 184 valence electrons. The smallest absolute Gasteiger partial charge is 0.276 e. The second-order valence-electron chi connectivity index (χ2n) is 7.80. The number of rotatable bonds is 10. The molecule has 3 rings (SSSR count). The van der Waals surface area contributed by atoms with Crippen molar-refractivity contribution in [3.8, 4) is 11.5 Å². The molecule has 0 saturated heterocycles. The lowest BCUT2D eigenvalue weighted by Gasteiger charge is -2.14. The van der Waals surface area contributed by atoms with Gasteiger partial charge in [-0.05, 0) is 59.7 Å². The number of carbonyl (C=O) groups excluding carboxylic acids is 2. The van der Waals surface area contributed by atoms with Gasteiger partial charge in [-0.25, -0.2) is 0 Å². The summed E-state index contributed by atoms with van der Waals surface area (Å²) in [6.45, 7) is 2.46. The van der Waals surface area contributed by atoms with E-state index in [1.54, 1.807) is 18.2 Å². The predicted octanol–water partition coefficient (Wildman–Crippen LogP) is 5.28. The van der Waals surface area contributed by atoms with Crippen molar-refractivity contribution in [2.24, 2.45) is 0 Å². The lowest BCUT2D eigenvalue weighted by molar-refractivity contribution is -0.123. The topological polar surface area (TPSA) is 88.7 Å². The van der Waals surface area contributed by atoms with Gasteiger partial charge in [0.05, 0.1) is 12.2 Å². The van der Waals surface area contributed by atoms with E-state index in [-0.39, 0.29) is 11.7 Å². The molecule has 0 saturated carbocycles. The Morgan fingerprint density at radius 2 is 1.71 bits per heavy atom. The first-order chi connectivity index (χ1) is 17.0. The molecule has 0 spiro atoms. The molecule has 9 heteroatoms. The van der Waals surface area contributed by atoms with Crippen LogP contribution >= 0.6 is 28.1 Å². The summed E-state index contributed by atoms with van der Waals surface area (Å²) in [7, 11) is 0. The maximum absolute atomic E-state index is 12.7. The van der Waals surface area contributed by atoms with Gasteiger partial charge in [-0.15, -0.1) is 0 Å². The van der Waals surface area contributed by atoms with Crippen LogP contribution in [0.25, 0.3) is 10.8 Å². The van der Waals surface area contributed by atoms with Gasteiger partial charge in [0.1, 0.15) is 11.5 Å². The zero-order chi connectivity index (χ0) is 25.0. The Labute approximate surface area is 218 Å². The van der Waals surface area contributed by atoms with E-state index in [0.717, 1.165) is 40.9 Å². The van der Waals surface area contributed by atoms with E-state index in [4.69, 9.17) is 21.7 Å². The molecule has 35 heavy (non-hydrogen) atoms. The number of amides is 2. The van der Waals surface area contributed by atoms with E-state index < -0.39 is 11.8 Å². The number of fused-ring (bicyclic) bond motifs is 1. The van der Waals surface area contributed by atoms with Crippen molar-refractivity contribution in [1.82, 2.24) is 16.2 Å². The Kier molecular flexibility index (Phi) is 10.3. The first-order valence-electron chi connectivity index (χ1n) is 11.4. The number of thiocarbonyl (C=S) groups is 1. The van der Waals surface area contributed by atoms with Gasteiger partial charge in [-0.3, -0.25) is 25.8 Å². The summed E-state index contributed by atoms with van der Waals surface area (Å²) in [5, 5.41) is 4.60. The van der Waals surface area contributed by atoms with Gasteiger partial charge in [0, 0.05) is 4.47 Å². The van der Waals surface area contributed by atoms with Gasteiger partial charge in [0.2, 0.25) is 0 Å². The average Bonchev–Trinajstić information content (AvgIpc) is 2.86. The van der Waals surface area contributed by atoms with Crippen LogP contribution in [0.15, 0.2) is 65.1 Å². The highest BCUT2D eigenvalue weighted by atomic mass is 79.9. The van der Waals surface area contributed by atoms with Crippen LogP contribution < -0.4 is 25.6 Å². The van der Waals surface area contributed by atoms with E-state index in [1.807, 2.05) is 42.5 Å². The number of ether oxygens (including phenoxy) is 2. The second kappa shape index (κ2) is 13.7. The minimum atomic E-state index is -0.451. The zero-order valence-electron chi connectivity index (χ0n) is 19.4. The highest BCUT2D eigenvalue weighted by molar-refractivity contribution is 9.10. The molecule has 3 aromatic carbocycles. The molecule has 0 unspecified atom stereocenters. The van der Waals surface area contributed by atoms with E-state index in [9.17, 15) is 9.59 Å². The van der Waals surface area contributed by atoms with Crippen molar-refractivity contribution in [3.05, 3.63) is 70.7 Å². The number of unbranched alkanes of at least 4 members (excludes halogenated alkanes) is 3. The van der Waals surface area contributed by atoms with Crippen LogP contribution in [-0.2, 0) is 4.79 Å². The van der Waals surface area contributed by atoms with Crippen LogP contribution in [0, 0.1) is 0 Å². The summed E-state index contributed by atoms with van der Waals surface area (Å²) in [6, 6.07) is 18.7. The molecule has 3 N–H and O–H groups in total.